The maximum atomic E-state index is 12.5. The van der Waals surface area contributed by atoms with Crippen LogP contribution in [-0.2, 0) is 22.3 Å². The van der Waals surface area contributed by atoms with Crippen LogP contribution in [0.2, 0.25) is 5.02 Å². The van der Waals surface area contributed by atoms with E-state index in [9.17, 15) is 8.42 Å². The van der Waals surface area contributed by atoms with Gasteiger partial charge in [0.05, 0.1) is 21.7 Å². The minimum atomic E-state index is -3.53. The van der Waals surface area contributed by atoms with Gasteiger partial charge in [0.2, 0.25) is 15.9 Å². The molecule has 0 aliphatic carbocycles. The monoisotopic (exact) mass is 491 g/mol. The van der Waals surface area contributed by atoms with Crippen LogP contribution >= 0.6 is 23.4 Å². The van der Waals surface area contributed by atoms with Crippen molar-refractivity contribution in [3.8, 4) is 11.5 Å². The maximum absolute atomic E-state index is 12.5. The molecule has 0 bridgehead atoms. The zero-order valence-electron chi connectivity index (χ0n) is 17.8. The maximum Gasteiger partial charge on any atom is 0.277 e. The van der Waals surface area contributed by atoms with Crippen molar-refractivity contribution in [2.24, 2.45) is 0 Å². The van der Waals surface area contributed by atoms with Gasteiger partial charge in [0.25, 0.3) is 5.22 Å². The molecular formula is C21H22ClN5O3S2. The van der Waals surface area contributed by atoms with Crippen molar-refractivity contribution in [2.75, 3.05) is 14.1 Å². The molecule has 0 atom stereocenters. The van der Waals surface area contributed by atoms with Gasteiger partial charge < -0.3 is 8.98 Å². The van der Waals surface area contributed by atoms with E-state index in [0.717, 1.165) is 29.9 Å². The number of rotatable bonds is 8. The molecule has 2 aromatic carbocycles. The zero-order chi connectivity index (χ0) is 22.9. The van der Waals surface area contributed by atoms with Gasteiger partial charge in [-0.2, -0.15) is 0 Å². The Morgan fingerprint density at radius 2 is 1.97 bits per heavy atom. The molecule has 0 radical (unpaired) electrons. The van der Waals surface area contributed by atoms with E-state index in [1.54, 1.807) is 24.3 Å². The minimum Gasteiger partial charge on any atom is -0.411 e. The second kappa shape index (κ2) is 9.22. The van der Waals surface area contributed by atoms with Crippen LogP contribution in [0.4, 0.5) is 0 Å². The van der Waals surface area contributed by atoms with E-state index in [0.29, 0.717) is 27.4 Å². The lowest BCUT2D eigenvalue weighted by atomic mass is 10.2. The van der Waals surface area contributed by atoms with Crippen LogP contribution in [0.5, 0.6) is 0 Å². The normalized spacial score (nSPS) is 12.2. The predicted molar refractivity (Wildman–Crippen MR) is 125 cm³/mol. The van der Waals surface area contributed by atoms with E-state index in [-0.39, 0.29) is 4.90 Å². The first-order valence-corrected chi connectivity index (χ1v) is 12.7. The summed E-state index contributed by atoms with van der Waals surface area (Å²) in [6.45, 7) is 2.85. The van der Waals surface area contributed by atoms with Gasteiger partial charge >= 0.3 is 0 Å². The number of hydrogen-bond donors (Lipinski definition) is 0. The van der Waals surface area contributed by atoms with Gasteiger partial charge in [0.1, 0.15) is 5.82 Å². The van der Waals surface area contributed by atoms with Gasteiger partial charge in [-0.1, -0.05) is 36.4 Å². The van der Waals surface area contributed by atoms with Gasteiger partial charge in [-0.05, 0) is 42.8 Å². The van der Waals surface area contributed by atoms with Gasteiger partial charge in [0.15, 0.2) is 0 Å². The summed E-state index contributed by atoms with van der Waals surface area (Å²) in [6.07, 6.45) is 0.917. The number of fused-ring (bicyclic) bond motifs is 1. The molecule has 0 aliphatic rings. The Morgan fingerprint density at radius 1 is 1.16 bits per heavy atom. The fourth-order valence-corrected chi connectivity index (χ4v) is 5.07. The number of nitrogens with zero attached hydrogens (tertiary/aromatic N) is 5. The SMILES string of the molecule is CCCn1c(CSc2nnc(-c3cccc(Cl)c3)o2)nc2cc(S(=O)(=O)N(C)C)ccc21. The van der Waals surface area contributed by atoms with Gasteiger partial charge in [-0.3, -0.25) is 0 Å². The molecule has 32 heavy (non-hydrogen) atoms. The smallest absolute Gasteiger partial charge is 0.277 e. The van der Waals surface area contributed by atoms with Gasteiger partial charge in [-0.25, -0.2) is 17.7 Å². The molecule has 0 unspecified atom stereocenters. The Hall–Kier alpha value is -2.40. The quantitative estimate of drug-likeness (QED) is 0.330. The minimum absolute atomic E-state index is 0.221. The molecule has 0 fully saturated rings. The number of thioether (sulfide) groups is 1. The Kier molecular flexibility index (Phi) is 6.57. The van der Waals surface area contributed by atoms with Crippen molar-refractivity contribution in [1.82, 2.24) is 24.1 Å². The summed E-state index contributed by atoms with van der Waals surface area (Å²) in [7, 11) is -0.504. The summed E-state index contributed by atoms with van der Waals surface area (Å²) < 4.78 is 34.1. The number of hydrogen-bond acceptors (Lipinski definition) is 7. The van der Waals surface area contributed by atoms with Crippen molar-refractivity contribution >= 4 is 44.4 Å². The second-order valence-corrected chi connectivity index (χ2v) is 10.8. The van der Waals surface area contributed by atoms with Crippen molar-refractivity contribution in [2.45, 2.75) is 35.8 Å². The third-order valence-electron chi connectivity index (χ3n) is 4.83. The highest BCUT2D eigenvalue weighted by molar-refractivity contribution is 7.98. The molecule has 0 saturated heterocycles. The van der Waals surface area contributed by atoms with Crippen LogP contribution in [0.1, 0.15) is 19.2 Å². The fourth-order valence-electron chi connectivity index (χ4n) is 3.25. The van der Waals surface area contributed by atoms with E-state index in [4.69, 9.17) is 21.0 Å². The second-order valence-electron chi connectivity index (χ2n) is 7.29. The van der Waals surface area contributed by atoms with Crippen molar-refractivity contribution in [1.29, 1.82) is 0 Å². The summed E-state index contributed by atoms with van der Waals surface area (Å²) in [5.41, 5.74) is 2.29. The highest BCUT2D eigenvalue weighted by Gasteiger charge is 2.20. The summed E-state index contributed by atoms with van der Waals surface area (Å²) in [6, 6.07) is 12.3. The lowest BCUT2D eigenvalue weighted by molar-refractivity contribution is 0.465. The molecule has 11 heteroatoms. The first-order valence-electron chi connectivity index (χ1n) is 9.93. The van der Waals surface area contributed by atoms with Crippen molar-refractivity contribution < 1.29 is 12.8 Å². The molecule has 4 aromatic rings. The molecular weight excluding hydrogens is 470 g/mol. The average Bonchev–Trinajstić information content (AvgIpc) is 3.37. The van der Waals surface area contributed by atoms with Crippen LogP contribution in [0.15, 0.2) is 57.0 Å². The Bertz CT molecular complexity index is 1370. The van der Waals surface area contributed by atoms with Crippen LogP contribution in [-0.4, -0.2) is 46.6 Å². The van der Waals surface area contributed by atoms with E-state index in [1.165, 1.54) is 30.2 Å². The standard InChI is InChI=1S/C21H22ClN5O3S2/c1-4-10-27-18-9-8-16(32(28,29)26(2)3)12-17(18)23-19(27)13-31-21-25-24-20(30-21)14-6-5-7-15(22)11-14/h5-9,11-12H,4,10,13H2,1-3H3. The van der Waals surface area contributed by atoms with E-state index in [1.807, 2.05) is 18.2 Å². The molecule has 0 spiro atoms. The Morgan fingerprint density at radius 3 is 2.69 bits per heavy atom. The molecule has 4 rings (SSSR count). The lowest BCUT2D eigenvalue weighted by Crippen LogP contribution is -2.22. The van der Waals surface area contributed by atoms with E-state index in [2.05, 4.69) is 21.7 Å². The number of benzene rings is 2. The predicted octanol–water partition coefficient (Wildman–Crippen LogP) is 4.69. The first kappa shape index (κ1) is 22.8. The van der Waals surface area contributed by atoms with Crippen LogP contribution < -0.4 is 0 Å². The third kappa shape index (κ3) is 4.54. The molecule has 0 saturated carbocycles. The molecule has 0 amide bonds. The summed E-state index contributed by atoms with van der Waals surface area (Å²) in [4.78, 5) is 4.93. The molecule has 168 valence electrons. The first-order chi connectivity index (χ1) is 15.3. The van der Waals surface area contributed by atoms with Gasteiger partial charge in [-0.15, -0.1) is 10.2 Å². The summed E-state index contributed by atoms with van der Waals surface area (Å²) in [5, 5.41) is 9.23. The third-order valence-corrected chi connectivity index (χ3v) is 7.69. The topological polar surface area (TPSA) is 94.1 Å². The number of aromatic nitrogens is 4. The summed E-state index contributed by atoms with van der Waals surface area (Å²) in [5.74, 6) is 1.71. The lowest BCUT2D eigenvalue weighted by Gasteiger charge is -2.11. The van der Waals surface area contributed by atoms with Crippen LogP contribution in [0.25, 0.3) is 22.5 Å². The van der Waals surface area contributed by atoms with E-state index >= 15 is 0 Å². The zero-order valence-corrected chi connectivity index (χ0v) is 20.2. The number of sulfonamides is 1. The Labute approximate surface area is 195 Å². The highest BCUT2D eigenvalue weighted by atomic mass is 35.5. The number of aryl methyl sites for hydroxylation is 1. The Balaban J connectivity index is 1.60. The van der Waals surface area contributed by atoms with Gasteiger partial charge in [0, 0.05) is 31.2 Å². The molecule has 2 aromatic heterocycles. The largest absolute Gasteiger partial charge is 0.411 e. The highest BCUT2D eigenvalue weighted by Crippen LogP contribution is 2.29. The molecule has 2 heterocycles. The number of imidazole rings is 1. The molecule has 0 N–H and O–H groups in total. The van der Waals surface area contributed by atoms with Crippen molar-refractivity contribution in [3.63, 3.8) is 0 Å². The molecule has 8 nitrogen and oxygen atoms in total. The average molecular weight is 492 g/mol. The summed E-state index contributed by atoms with van der Waals surface area (Å²) >= 11 is 7.42. The van der Waals surface area contributed by atoms with Crippen molar-refractivity contribution in [3.05, 3.63) is 53.3 Å². The number of halogens is 1. The van der Waals surface area contributed by atoms with Crippen LogP contribution in [0, 0.1) is 0 Å². The van der Waals surface area contributed by atoms with E-state index < -0.39 is 10.0 Å². The fraction of sp³-hybridized carbons (Fsp3) is 0.286. The molecule has 0 aliphatic heterocycles. The van der Waals surface area contributed by atoms with Crippen LogP contribution in [0.3, 0.4) is 0 Å².